The zero-order valence-corrected chi connectivity index (χ0v) is 16.2. The molecule has 2 unspecified atom stereocenters. The van der Waals surface area contributed by atoms with Gasteiger partial charge >= 0.3 is 5.69 Å². The number of nitrogens with one attached hydrogen (secondary N) is 1. The predicted molar refractivity (Wildman–Crippen MR) is 107 cm³/mol. The molecule has 0 amide bonds. The first-order valence-electron chi connectivity index (χ1n) is 10.5. The van der Waals surface area contributed by atoms with Gasteiger partial charge < -0.3 is 10.6 Å². The van der Waals surface area contributed by atoms with Gasteiger partial charge in [-0.25, -0.2) is 9.18 Å². The van der Waals surface area contributed by atoms with Gasteiger partial charge in [-0.3, -0.25) is 14.3 Å². The normalized spacial score (nSPS) is 27.4. The Balaban J connectivity index is 1.73. The van der Waals surface area contributed by atoms with Gasteiger partial charge in [0.05, 0.1) is 16.6 Å². The Kier molecular flexibility index (Phi) is 4.12. The summed E-state index contributed by atoms with van der Waals surface area (Å²) in [5, 5.41) is 0.256. The molecule has 2 aliphatic carbocycles. The molecule has 3 aliphatic rings. The number of anilines is 1. The van der Waals surface area contributed by atoms with Crippen LogP contribution in [-0.4, -0.2) is 28.7 Å². The van der Waals surface area contributed by atoms with Crippen LogP contribution in [0, 0.1) is 24.6 Å². The first-order valence-corrected chi connectivity index (χ1v) is 10.5. The molecule has 3 atom stereocenters. The van der Waals surface area contributed by atoms with E-state index in [1.165, 1.54) is 25.3 Å². The number of nitrogens with zero attached hydrogens (tertiary/aromatic N) is 2. The lowest BCUT2D eigenvalue weighted by Crippen LogP contribution is -2.40. The van der Waals surface area contributed by atoms with Crippen molar-refractivity contribution in [1.82, 2.24) is 9.55 Å². The molecule has 1 aromatic carbocycles. The first-order chi connectivity index (χ1) is 13.5. The molecule has 7 heteroatoms. The molecule has 1 saturated heterocycles. The summed E-state index contributed by atoms with van der Waals surface area (Å²) >= 11 is 0. The van der Waals surface area contributed by atoms with E-state index in [1.54, 1.807) is 4.57 Å². The second-order valence-electron chi connectivity index (χ2n) is 8.75. The molecule has 2 heterocycles. The Morgan fingerprint density at radius 3 is 2.68 bits per heavy atom. The zero-order valence-electron chi connectivity index (χ0n) is 16.2. The summed E-state index contributed by atoms with van der Waals surface area (Å²) in [6.07, 6.45) is 6.56. The maximum Gasteiger partial charge on any atom is 0.329 e. The fourth-order valence-electron chi connectivity index (χ4n) is 5.75. The number of nitrogens with two attached hydrogens (primary N) is 1. The van der Waals surface area contributed by atoms with Gasteiger partial charge in [0.15, 0.2) is 0 Å². The number of hydrogen-bond acceptors (Lipinski definition) is 4. The maximum absolute atomic E-state index is 15.3. The molecule has 2 aromatic rings. The van der Waals surface area contributed by atoms with Crippen molar-refractivity contribution in [3.05, 3.63) is 38.3 Å². The average Bonchev–Trinajstić information content (AvgIpc) is 3.43. The van der Waals surface area contributed by atoms with Crippen molar-refractivity contribution in [2.45, 2.75) is 57.5 Å². The quantitative estimate of drug-likeness (QED) is 0.849. The molecule has 28 heavy (non-hydrogen) atoms. The van der Waals surface area contributed by atoms with Crippen LogP contribution in [-0.2, 0) is 0 Å². The molecule has 3 fully saturated rings. The summed E-state index contributed by atoms with van der Waals surface area (Å²) in [4.78, 5) is 29.4. The number of hydrogen-bond donors (Lipinski definition) is 2. The van der Waals surface area contributed by atoms with Gasteiger partial charge in [-0.1, -0.05) is 12.8 Å². The first kappa shape index (κ1) is 17.9. The monoisotopic (exact) mass is 386 g/mol. The number of rotatable bonds is 3. The lowest BCUT2D eigenvalue weighted by Gasteiger charge is -2.32. The Bertz CT molecular complexity index is 1060. The number of aryl methyl sites for hydroxylation is 1. The van der Waals surface area contributed by atoms with Crippen molar-refractivity contribution < 1.29 is 4.39 Å². The van der Waals surface area contributed by atoms with Crippen LogP contribution in [0.3, 0.4) is 0 Å². The number of halogens is 1. The third kappa shape index (κ3) is 2.55. The Labute approximate surface area is 162 Å². The Morgan fingerprint density at radius 2 is 1.96 bits per heavy atom. The number of aromatic amines is 1. The van der Waals surface area contributed by atoms with Gasteiger partial charge in [-0.05, 0) is 50.5 Å². The van der Waals surface area contributed by atoms with Crippen LogP contribution in [0.15, 0.2) is 15.7 Å². The minimum absolute atomic E-state index is 0.0929. The summed E-state index contributed by atoms with van der Waals surface area (Å²) in [5.41, 5.74) is 7.02. The lowest BCUT2D eigenvalue weighted by atomic mass is 9.78. The smallest absolute Gasteiger partial charge is 0.329 e. The fourth-order valence-corrected chi connectivity index (χ4v) is 5.75. The summed E-state index contributed by atoms with van der Waals surface area (Å²) in [6.45, 7) is 3.13. The molecule has 3 N–H and O–H groups in total. The van der Waals surface area contributed by atoms with Gasteiger partial charge in [0, 0.05) is 30.7 Å². The van der Waals surface area contributed by atoms with Crippen molar-refractivity contribution in [2.24, 2.45) is 17.6 Å². The van der Waals surface area contributed by atoms with Crippen LogP contribution in [0.25, 0.3) is 10.9 Å². The lowest BCUT2D eigenvalue weighted by molar-refractivity contribution is 0.268. The van der Waals surface area contributed by atoms with E-state index in [0.29, 0.717) is 35.1 Å². The molecule has 1 aromatic heterocycles. The Hall–Kier alpha value is -2.15. The molecular weight excluding hydrogens is 359 g/mol. The standard InChI is InChI=1S/C21H27FN4O2/c1-11-18-15(20(27)24-21(28)26(18)13-6-7-13)8-16(22)19(11)25-10-12-4-2-3-5-14(12)17(25)9-23/h8,12-14,17H,2-7,9-10,23H2,1H3,(H,24,27,28)/t12?,14?,17-/m0/s1. The van der Waals surface area contributed by atoms with Crippen LogP contribution in [0.2, 0.25) is 0 Å². The average molecular weight is 386 g/mol. The molecule has 0 spiro atoms. The van der Waals surface area contributed by atoms with E-state index in [9.17, 15) is 9.59 Å². The van der Waals surface area contributed by atoms with Gasteiger partial charge in [0.1, 0.15) is 5.82 Å². The fraction of sp³-hybridized carbons (Fsp3) is 0.619. The minimum atomic E-state index is -0.518. The van der Waals surface area contributed by atoms with Gasteiger partial charge in [0.2, 0.25) is 0 Å². The van der Waals surface area contributed by atoms with E-state index in [1.807, 2.05) is 6.92 Å². The third-order valence-corrected chi connectivity index (χ3v) is 7.12. The van der Waals surface area contributed by atoms with Gasteiger partial charge in [-0.2, -0.15) is 0 Å². The molecule has 5 rings (SSSR count). The summed E-state index contributed by atoms with van der Waals surface area (Å²) in [6, 6.07) is 1.51. The number of H-pyrrole nitrogens is 1. The topological polar surface area (TPSA) is 84.1 Å². The van der Waals surface area contributed by atoms with Crippen molar-refractivity contribution in [1.29, 1.82) is 0 Å². The SMILES string of the molecule is Cc1c(N2CC3CCCCC3[C@@H]2CN)c(F)cc2c(=O)[nH]c(=O)n(C3CC3)c12. The highest BCUT2D eigenvalue weighted by atomic mass is 19.1. The summed E-state index contributed by atoms with van der Waals surface area (Å²) < 4.78 is 17.0. The predicted octanol–water partition coefficient (Wildman–Crippen LogP) is 2.43. The van der Waals surface area contributed by atoms with Gasteiger partial charge in [-0.15, -0.1) is 0 Å². The number of benzene rings is 1. The van der Waals surface area contributed by atoms with Gasteiger partial charge in [0.25, 0.3) is 5.56 Å². The highest BCUT2D eigenvalue weighted by Crippen LogP contribution is 2.45. The van der Waals surface area contributed by atoms with Crippen LogP contribution in [0.5, 0.6) is 0 Å². The van der Waals surface area contributed by atoms with Crippen LogP contribution in [0.1, 0.15) is 50.1 Å². The van der Waals surface area contributed by atoms with Crippen molar-refractivity contribution in [3.63, 3.8) is 0 Å². The second-order valence-corrected chi connectivity index (χ2v) is 8.75. The van der Waals surface area contributed by atoms with E-state index < -0.39 is 17.1 Å². The molecular formula is C21H27FN4O2. The Morgan fingerprint density at radius 1 is 1.21 bits per heavy atom. The zero-order chi connectivity index (χ0) is 19.6. The van der Waals surface area contributed by atoms with Crippen LogP contribution >= 0.6 is 0 Å². The van der Waals surface area contributed by atoms with Crippen molar-refractivity contribution in [3.8, 4) is 0 Å². The molecule has 150 valence electrons. The van der Waals surface area contributed by atoms with Crippen molar-refractivity contribution in [2.75, 3.05) is 18.0 Å². The summed E-state index contributed by atoms with van der Waals surface area (Å²) in [5.74, 6) is 0.647. The third-order valence-electron chi connectivity index (χ3n) is 7.12. The van der Waals surface area contributed by atoms with E-state index >= 15 is 4.39 Å². The van der Waals surface area contributed by atoms with Crippen LogP contribution in [0.4, 0.5) is 10.1 Å². The number of fused-ring (bicyclic) bond motifs is 2. The number of aromatic nitrogens is 2. The van der Waals surface area contributed by atoms with E-state index in [-0.39, 0.29) is 17.5 Å². The molecule has 2 saturated carbocycles. The van der Waals surface area contributed by atoms with Crippen molar-refractivity contribution >= 4 is 16.6 Å². The minimum Gasteiger partial charge on any atom is -0.364 e. The molecule has 0 radical (unpaired) electrons. The highest BCUT2D eigenvalue weighted by molar-refractivity contribution is 5.87. The van der Waals surface area contributed by atoms with E-state index in [4.69, 9.17) is 5.73 Å². The highest BCUT2D eigenvalue weighted by Gasteiger charge is 2.43. The van der Waals surface area contributed by atoms with E-state index in [2.05, 4.69) is 9.88 Å². The largest absolute Gasteiger partial charge is 0.364 e. The molecule has 0 bridgehead atoms. The van der Waals surface area contributed by atoms with E-state index in [0.717, 1.165) is 25.8 Å². The summed E-state index contributed by atoms with van der Waals surface area (Å²) in [7, 11) is 0. The van der Waals surface area contributed by atoms with Crippen LogP contribution < -0.4 is 21.9 Å². The molecule has 1 aliphatic heterocycles. The second kappa shape index (κ2) is 6.44. The molecule has 6 nitrogen and oxygen atoms in total. The maximum atomic E-state index is 15.3.